The average Bonchev–Trinajstić information content (AvgIpc) is 0.819. The Morgan fingerprint density at radius 1 is 0.366 bits per heavy atom. The maximum Gasteiger partial charge on any atom is 0.311 e. The summed E-state index contributed by atoms with van der Waals surface area (Å²) in [6.45, 7) is 11.7. The number of aromatic nitrogens is 6. The van der Waals surface area contributed by atoms with Crippen LogP contribution in [0.15, 0.2) is 233 Å². The van der Waals surface area contributed by atoms with Gasteiger partial charge in [-0.25, -0.2) is 29.9 Å². The molecule has 0 atom stereocenters. The van der Waals surface area contributed by atoms with Crippen LogP contribution in [0, 0.1) is 41.5 Å². The Kier molecular flexibility index (Phi) is 27.2. The SMILES string of the molecule is Cc1ccc(S(=O)(=O)OCCOc2ccc(N(C)c3nc(C)nc4ccccc34)cc2)cc1.Cc1ccc(S(=O)(=O)OS(=O)(=O)c2ccc(C)cc2)cc1.Cc1nc(N(C)c2ccc(O)cc2)c2ccccc2n1.Cc1nc(N(C)c2ccc(OCCO)cc2)c2ccccc2n1.OCCBr. The lowest BCUT2D eigenvalue weighted by Gasteiger charge is -2.20. The van der Waals surface area contributed by atoms with Crippen LogP contribution in [0.4, 0.5) is 34.5 Å². The number of fused-ring (bicyclic) bond motifs is 3. The lowest BCUT2D eigenvalue weighted by molar-refractivity contribution is 0.201. The zero-order chi connectivity index (χ0) is 72.9. The van der Waals surface area contributed by atoms with Crippen molar-refractivity contribution in [2.24, 2.45) is 0 Å². The third-order valence-electron chi connectivity index (χ3n) is 14.9. The van der Waals surface area contributed by atoms with Gasteiger partial charge in [0.25, 0.3) is 10.1 Å². The van der Waals surface area contributed by atoms with Gasteiger partial charge in [-0.2, -0.15) is 25.3 Å². The Bertz CT molecular complexity index is 4980. The normalized spacial score (nSPS) is 11.2. The average molecular weight is 1490 g/mol. The van der Waals surface area contributed by atoms with Gasteiger partial charge < -0.3 is 39.5 Å². The Labute approximate surface area is 597 Å². The molecule has 12 rings (SSSR count). The van der Waals surface area contributed by atoms with Crippen LogP contribution in [0.3, 0.4) is 0 Å². The highest BCUT2D eigenvalue weighted by atomic mass is 79.9. The number of aryl methyl sites for hydroxylation is 6. The quantitative estimate of drug-likeness (QED) is 0.0363. The van der Waals surface area contributed by atoms with Crippen molar-refractivity contribution in [3.63, 3.8) is 0 Å². The number of aliphatic hydroxyl groups is 2. The second-order valence-corrected chi connectivity index (χ2v) is 28.3. The predicted molar refractivity (Wildman–Crippen MR) is 399 cm³/mol. The number of phenols is 1. The van der Waals surface area contributed by atoms with Crippen LogP contribution in [-0.2, 0) is 38.2 Å². The lowest BCUT2D eigenvalue weighted by atomic mass is 10.2. The number of aliphatic hydroxyl groups excluding tert-OH is 2. The van der Waals surface area contributed by atoms with Crippen LogP contribution < -0.4 is 24.2 Å². The molecule has 3 N–H and O–H groups in total. The van der Waals surface area contributed by atoms with Crippen molar-refractivity contribution in [3.05, 3.63) is 253 Å². The highest BCUT2D eigenvalue weighted by molar-refractivity contribution is 9.09. The van der Waals surface area contributed by atoms with E-state index in [0.717, 1.165) is 101 Å². The number of hydrogen-bond acceptors (Lipinski definition) is 22. The molecule has 0 aliphatic carbocycles. The number of rotatable bonds is 20. The molecule has 9 aromatic carbocycles. The minimum absolute atomic E-state index is 0.00779. The summed E-state index contributed by atoms with van der Waals surface area (Å²) >= 11 is 3.00. The topological polar surface area (TPSA) is 287 Å². The summed E-state index contributed by atoms with van der Waals surface area (Å²) < 4.78 is 93.0. The number of para-hydroxylation sites is 3. The number of ether oxygens (including phenoxy) is 2. The van der Waals surface area contributed by atoms with E-state index in [-0.39, 0.29) is 46.9 Å². The second-order valence-electron chi connectivity index (χ2n) is 22.5. The van der Waals surface area contributed by atoms with E-state index < -0.39 is 30.4 Å². The summed E-state index contributed by atoms with van der Waals surface area (Å²) in [5, 5.41) is 29.7. The highest BCUT2D eigenvalue weighted by Gasteiger charge is 2.27. The summed E-state index contributed by atoms with van der Waals surface area (Å²) in [6, 6.07) is 64.1. The third kappa shape index (κ3) is 21.5. The highest BCUT2D eigenvalue weighted by Crippen LogP contribution is 2.33. The van der Waals surface area contributed by atoms with Gasteiger partial charge in [0.2, 0.25) is 0 Å². The zero-order valence-electron chi connectivity index (χ0n) is 57.1. The standard InChI is InChI=1S/C25H25N3O4S.C18H19N3O2.C16H15N3O.C14H14O5S2.C2H5BrO/c1-18-8-14-22(15-9-18)33(29,30)32-17-16-31-21-12-10-20(11-13-21)28(3)25-23-6-4-5-7-24(23)26-19(2)27-25;1-13-19-17-6-4-3-5-16(17)18(20-13)21(2)14-7-9-15(10-8-14)23-12-11-22;1-11-17-15-6-4-3-5-14(15)16(18-11)19(2)12-7-9-13(20)10-8-12;1-11-3-7-13(8-4-11)20(15,16)19-21(17,18)14-9-5-12(2)6-10-14;3-1-2-4/h4-15H,16-17H2,1-3H3;3-10,22H,11-12H2,1-2H3;3-10,20H,1-2H3;3-10H,1-2H3;4H,1-2H2. The van der Waals surface area contributed by atoms with E-state index in [4.69, 9.17) is 23.9 Å². The van der Waals surface area contributed by atoms with Gasteiger partial charge in [0, 0.05) is 59.7 Å². The molecule has 0 radical (unpaired) electrons. The summed E-state index contributed by atoms with van der Waals surface area (Å²) in [7, 11) is -6.67. The molecule has 101 heavy (non-hydrogen) atoms. The lowest BCUT2D eigenvalue weighted by Crippen LogP contribution is -2.14. The number of aromatic hydroxyl groups is 1. The van der Waals surface area contributed by atoms with Gasteiger partial charge in [0.1, 0.15) is 72.0 Å². The number of nitrogens with zero attached hydrogens (tertiary/aromatic N) is 9. The van der Waals surface area contributed by atoms with Crippen molar-refractivity contribution < 1.29 is 57.9 Å². The van der Waals surface area contributed by atoms with Crippen molar-refractivity contribution in [1.82, 2.24) is 29.9 Å². The minimum Gasteiger partial charge on any atom is -0.508 e. The molecule has 3 aromatic heterocycles. The molecule has 0 fully saturated rings. The molecule has 0 amide bonds. The number of alkyl halides is 1. The first-order valence-electron chi connectivity index (χ1n) is 31.5. The fourth-order valence-corrected chi connectivity index (χ4v) is 13.1. The summed E-state index contributed by atoms with van der Waals surface area (Å²) in [5.41, 5.74) is 8.36. The van der Waals surface area contributed by atoms with Crippen LogP contribution in [0.5, 0.6) is 17.2 Å². The molecule has 26 heteroatoms. The van der Waals surface area contributed by atoms with E-state index in [1.165, 1.54) is 36.4 Å². The second kappa shape index (κ2) is 35.8. The molecule has 0 aliphatic heterocycles. The molecule has 0 bridgehead atoms. The van der Waals surface area contributed by atoms with E-state index in [2.05, 4.69) is 49.5 Å². The molecule has 0 saturated heterocycles. The fraction of sp³-hybridized carbons (Fsp3) is 0.200. The first-order valence-corrected chi connectivity index (χ1v) is 36.9. The van der Waals surface area contributed by atoms with Crippen LogP contribution in [0.1, 0.15) is 34.2 Å². The summed E-state index contributed by atoms with van der Waals surface area (Å²) in [6.07, 6.45) is 0. The smallest absolute Gasteiger partial charge is 0.311 e. The van der Waals surface area contributed by atoms with Crippen LogP contribution in [0.25, 0.3) is 32.7 Å². The minimum atomic E-state index is -4.38. The van der Waals surface area contributed by atoms with Gasteiger partial charge in [0.05, 0.1) is 44.5 Å². The number of benzene rings is 9. The van der Waals surface area contributed by atoms with Crippen LogP contribution >= 0.6 is 15.9 Å². The number of phenolic OH excluding ortho intramolecular Hbond substituents is 1. The Hall–Kier alpha value is -10.0. The maximum atomic E-state index is 12.2. The van der Waals surface area contributed by atoms with E-state index >= 15 is 0 Å². The zero-order valence-corrected chi connectivity index (χ0v) is 61.1. The van der Waals surface area contributed by atoms with Crippen LogP contribution in [0.2, 0.25) is 0 Å². The monoisotopic (exact) mass is 1490 g/mol. The molecule has 0 aliphatic rings. The van der Waals surface area contributed by atoms with E-state index in [9.17, 15) is 30.4 Å². The molecule has 3 heterocycles. The fourth-order valence-electron chi connectivity index (χ4n) is 9.71. The van der Waals surface area contributed by atoms with E-state index in [1.54, 1.807) is 62.4 Å². The van der Waals surface area contributed by atoms with Gasteiger partial charge >= 0.3 is 20.2 Å². The number of hydrogen-bond donors (Lipinski definition) is 3. The molecule has 0 spiro atoms. The van der Waals surface area contributed by atoms with Crippen LogP contribution in [-0.4, -0.2) is 130 Å². The van der Waals surface area contributed by atoms with Gasteiger partial charge in [-0.05, 0) is 187 Å². The van der Waals surface area contributed by atoms with E-state index in [0.29, 0.717) is 23.5 Å². The van der Waals surface area contributed by atoms with Crippen molar-refractivity contribution >= 4 is 114 Å². The Balaban J connectivity index is 0.000000171. The molecule has 0 unspecified atom stereocenters. The molecule has 22 nitrogen and oxygen atoms in total. The summed E-state index contributed by atoms with van der Waals surface area (Å²) in [4.78, 5) is 33.0. The molecular weight excluding hydrogens is 1410 g/mol. The molecule has 0 saturated carbocycles. The Morgan fingerprint density at radius 2 is 0.663 bits per heavy atom. The van der Waals surface area contributed by atoms with Gasteiger partial charge in [-0.1, -0.05) is 105 Å². The number of halogens is 1. The first kappa shape index (κ1) is 76.7. The molecule has 12 aromatic rings. The van der Waals surface area contributed by atoms with Crippen molar-refractivity contribution in [3.8, 4) is 17.2 Å². The summed E-state index contributed by atoms with van der Waals surface area (Å²) in [5.74, 6) is 6.35. The van der Waals surface area contributed by atoms with E-state index in [1.807, 2.05) is 197 Å². The van der Waals surface area contributed by atoms with Gasteiger partial charge in [-0.15, -0.1) is 3.63 Å². The van der Waals surface area contributed by atoms with Crippen molar-refractivity contribution in [2.45, 2.75) is 56.2 Å². The molecule has 526 valence electrons. The predicted octanol–water partition coefficient (Wildman–Crippen LogP) is 14.1. The van der Waals surface area contributed by atoms with Gasteiger partial charge in [-0.3, -0.25) is 4.18 Å². The van der Waals surface area contributed by atoms with Crippen molar-refractivity contribution in [2.75, 3.05) is 74.2 Å². The number of anilines is 6. The molecular formula is C75H78BrN9O13S3. The largest absolute Gasteiger partial charge is 0.508 e. The third-order valence-corrected chi connectivity index (χ3v) is 19.7. The maximum absolute atomic E-state index is 12.2. The van der Waals surface area contributed by atoms with Crippen molar-refractivity contribution in [1.29, 1.82) is 0 Å². The Morgan fingerprint density at radius 3 is 0.980 bits per heavy atom. The van der Waals surface area contributed by atoms with Gasteiger partial charge in [0.15, 0.2) is 0 Å². The first-order chi connectivity index (χ1) is 48.3.